The van der Waals surface area contributed by atoms with Gasteiger partial charge in [-0.3, -0.25) is 9.69 Å². The van der Waals surface area contributed by atoms with Crippen LogP contribution < -0.4 is 5.32 Å². The second-order valence-electron chi connectivity index (χ2n) is 6.66. The first-order valence-electron chi connectivity index (χ1n) is 8.11. The molecule has 2 bridgehead atoms. The van der Waals surface area contributed by atoms with E-state index in [0.717, 1.165) is 12.8 Å². The molecule has 1 N–H and O–H groups in total. The molecule has 4 atom stereocenters. The van der Waals surface area contributed by atoms with Crippen LogP contribution in [0.3, 0.4) is 0 Å². The van der Waals surface area contributed by atoms with Crippen molar-refractivity contribution >= 4 is 5.91 Å². The summed E-state index contributed by atoms with van der Waals surface area (Å²) in [5, 5.41) is 2.91. The van der Waals surface area contributed by atoms with Crippen LogP contribution in [0.15, 0.2) is 24.3 Å². The number of carbonyl (C=O) groups excluding carboxylic acids is 1. The van der Waals surface area contributed by atoms with E-state index in [2.05, 4.69) is 54.4 Å². The Morgan fingerprint density at radius 1 is 1.36 bits per heavy atom. The summed E-state index contributed by atoms with van der Waals surface area (Å²) in [4.78, 5) is 15.1. The van der Waals surface area contributed by atoms with E-state index in [0.29, 0.717) is 24.5 Å². The minimum Gasteiger partial charge on any atom is -0.345 e. The number of nitrogens with zero attached hydrogens (tertiary/aromatic N) is 1. The molecule has 0 aromatic heterocycles. The molecule has 0 aliphatic carbocycles. The number of rotatable bonds is 3. The molecule has 2 aliphatic rings. The summed E-state index contributed by atoms with van der Waals surface area (Å²) in [5.41, 5.74) is 2.55. The first-order valence-corrected chi connectivity index (χ1v) is 8.11. The van der Waals surface area contributed by atoms with E-state index in [-0.39, 0.29) is 11.8 Å². The highest BCUT2D eigenvalue weighted by atomic mass is 16.1. The lowest BCUT2D eigenvalue weighted by atomic mass is 9.75. The first kappa shape index (κ1) is 15.1. The van der Waals surface area contributed by atoms with E-state index in [4.69, 9.17) is 6.42 Å². The average Bonchev–Trinajstić information content (AvgIpc) is 2.75. The van der Waals surface area contributed by atoms with E-state index in [1.54, 1.807) is 0 Å². The lowest BCUT2D eigenvalue weighted by Gasteiger charge is -2.42. The molecule has 0 saturated carbocycles. The quantitative estimate of drug-likeness (QED) is 0.868. The zero-order valence-electron chi connectivity index (χ0n) is 13.4. The fourth-order valence-electron chi connectivity index (χ4n) is 4.24. The van der Waals surface area contributed by atoms with Gasteiger partial charge in [0.05, 0.1) is 12.5 Å². The second kappa shape index (κ2) is 6.14. The third kappa shape index (κ3) is 2.64. The van der Waals surface area contributed by atoms with Gasteiger partial charge in [0.2, 0.25) is 5.91 Å². The maximum Gasteiger partial charge on any atom is 0.226 e. The van der Waals surface area contributed by atoms with Gasteiger partial charge >= 0.3 is 0 Å². The molecule has 1 aromatic rings. The van der Waals surface area contributed by atoms with E-state index >= 15 is 0 Å². The van der Waals surface area contributed by atoms with Crippen molar-refractivity contribution in [1.29, 1.82) is 0 Å². The lowest BCUT2D eigenvalue weighted by molar-refractivity contribution is -0.129. The average molecular weight is 296 g/mol. The Labute approximate surface area is 133 Å². The first-order chi connectivity index (χ1) is 10.6. The van der Waals surface area contributed by atoms with E-state index in [1.165, 1.54) is 17.5 Å². The fraction of sp³-hybridized carbons (Fsp3) is 0.526. The van der Waals surface area contributed by atoms with Gasteiger partial charge in [0.25, 0.3) is 0 Å². The molecule has 22 heavy (non-hydrogen) atoms. The largest absolute Gasteiger partial charge is 0.345 e. The number of fused-ring (bicyclic) bond motifs is 2. The SMILES string of the molecule is C#CCNC(=O)C1C2CC[C@H](C[C@@H]1c1ccc(C)cc1)N2C. The number of hydrogen-bond acceptors (Lipinski definition) is 2. The highest BCUT2D eigenvalue weighted by Crippen LogP contribution is 2.46. The molecular formula is C19H24N2O. The summed E-state index contributed by atoms with van der Waals surface area (Å²) in [6.45, 7) is 2.41. The fourth-order valence-corrected chi connectivity index (χ4v) is 4.24. The molecule has 3 nitrogen and oxygen atoms in total. The van der Waals surface area contributed by atoms with Crippen molar-refractivity contribution in [3.63, 3.8) is 0 Å². The van der Waals surface area contributed by atoms with Crippen LogP contribution in [0.1, 0.15) is 36.3 Å². The van der Waals surface area contributed by atoms with Crippen molar-refractivity contribution in [1.82, 2.24) is 10.2 Å². The van der Waals surface area contributed by atoms with E-state index in [9.17, 15) is 4.79 Å². The van der Waals surface area contributed by atoms with Gasteiger partial charge in [0.15, 0.2) is 0 Å². The molecule has 2 unspecified atom stereocenters. The van der Waals surface area contributed by atoms with Crippen LogP contribution in [0, 0.1) is 25.2 Å². The number of piperidine rings is 1. The van der Waals surface area contributed by atoms with Crippen LogP contribution in [0.4, 0.5) is 0 Å². The smallest absolute Gasteiger partial charge is 0.226 e. The molecule has 116 valence electrons. The number of hydrogen-bond donors (Lipinski definition) is 1. The molecule has 2 fully saturated rings. The summed E-state index contributed by atoms with van der Waals surface area (Å²) in [7, 11) is 2.16. The van der Waals surface area contributed by atoms with Crippen molar-refractivity contribution in [2.45, 2.75) is 44.2 Å². The molecule has 2 aliphatic heterocycles. The molecule has 3 heteroatoms. The predicted octanol–water partition coefficient (Wildman–Crippen LogP) is 2.31. The molecule has 3 rings (SSSR count). The van der Waals surface area contributed by atoms with Crippen molar-refractivity contribution in [2.75, 3.05) is 13.6 Å². The topological polar surface area (TPSA) is 32.3 Å². The monoisotopic (exact) mass is 296 g/mol. The van der Waals surface area contributed by atoms with Gasteiger partial charge in [-0.05, 0) is 44.7 Å². The maximum atomic E-state index is 12.7. The Hall–Kier alpha value is -1.79. The highest BCUT2D eigenvalue weighted by molar-refractivity contribution is 5.81. The minimum atomic E-state index is -0.000180. The molecule has 2 heterocycles. The Balaban J connectivity index is 1.90. The van der Waals surface area contributed by atoms with Gasteiger partial charge in [-0.1, -0.05) is 35.7 Å². The molecular weight excluding hydrogens is 272 g/mol. The summed E-state index contributed by atoms with van der Waals surface area (Å²) in [6.07, 6.45) is 8.66. The number of nitrogens with one attached hydrogen (secondary N) is 1. The van der Waals surface area contributed by atoms with Crippen LogP contribution in [0.2, 0.25) is 0 Å². The van der Waals surface area contributed by atoms with Crippen molar-refractivity contribution in [2.24, 2.45) is 5.92 Å². The van der Waals surface area contributed by atoms with Gasteiger partial charge < -0.3 is 5.32 Å². The minimum absolute atomic E-state index is 0.000180. The third-order valence-electron chi connectivity index (χ3n) is 5.44. The summed E-state index contributed by atoms with van der Waals surface area (Å²) in [6, 6.07) is 9.60. The van der Waals surface area contributed by atoms with Gasteiger partial charge in [-0.25, -0.2) is 0 Å². The molecule has 0 radical (unpaired) electrons. The second-order valence-corrected chi connectivity index (χ2v) is 6.66. The van der Waals surface area contributed by atoms with Crippen molar-refractivity contribution in [3.8, 4) is 12.3 Å². The van der Waals surface area contributed by atoms with E-state index < -0.39 is 0 Å². The van der Waals surface area contributed by atoms with E-state index in [1.807, 2.05) is 0 Å². The number of amides is 1. The van der Waals surface area contributed by atoms with Gasteiger partial charge in [-0.2, -0.15) is 0 Å². The molecule has 2 saturated heterocycles. The highest BCUT2D eigenvalue weighted by Gasteiger charge is 2.48. The Morgan fingerprint density at radius 2 is 2.09 bits per heavy atom. The van der Waals surface area contributed by atoms with Crippen LogP contribution >= 0.6 is 0 Å². The van der Waals surface area contributed by atoms with Gasteiger partial charge in [0, 0.05) is 12.1 Å². The molecule has 0 spiro atoms. The molecule has 1 aromatic carbocycles. The maximum absolute atomic E-state index is 12.7. The Morgan fingerprint density at radius 3 is 2.77 bits per heavy atom. The number of benzene rings is 1. The zero-order chi connectivity index (χ0) is 15.7. The van der Waals surface area contributed by atoms with Crippen molar-refractivity contribution < 1.29 is 4.79 Å². The van der Waals surface area contributed by atoms with Gasteiger partial charge in [-0.15, -0.1) is 6.42 Å². The summed E-state index contributed by atoms with van der Waals surface area (Å²) >= 11 is 0. The van der Waals surface area contributed by atoms with Crippen LogP contribution in [0.25, 0.3) is 0 Å². The Bertz CT molecular complexity index is 586. The normalized spacial score (nSPS) is 30.8. The lowest BCUT2D eigenvalue weighted by Crippen LogP contribution is -2.51. The van der Waals surface area contributed by atoms with Crippen LogP contribution in [-0.4, -0.2) is 36.5 Å². The summed E-state index contributed by atoms with van der Waals surface area (Å²) in [5.74, 6) is 2.92. The molecule has 1 amide bonds. The zero-order valence-corrected chi connectivity index (χ0v) is 13.4. The number of carbonyl (C=O) groups is 1. The Kier molecular flexibility index (Phi) is 4.22. The standard InChI is InChI=1S/C19H24N2O/c1-4-11-20-19(22)18-16(14-7-5-13(2)6-8-14)12-15-9-10-17(18)21(15)3/h1,5-8,15-18H,9-12H2,2-3H3,(H,20,22)/t15-,16-,17?,18?/m1/s1. The van der Waals surface area contributed by atoms with Crippen LogP contribution in [-0.2, 0) is 4.79 Å². The third-order valence-corrected chi connectivity index (χ3v) is 5.44. The number of terminal acetylenes is 1. The summed E-state index contributed by atoms with van der Waals surface area (Å²) < 4.78 is 0. The van der Waals surface area contributed by atoms with Gasteiger partial charge in [0.1, 0.15) is 0 Å². The van der Waals surface area contributed by atoms with Crippen molar-refractivity contribution in [3.05, 3.63) is 35.4 Å². The van der Waals surface area contributed by atoms with Crippen LogP contribution in [0.5, 0.6) is 0 Å². The predicted molar refractivity (Wildman–Crippen MR) is 88.4 cm³/mol. The number of aryl methyl sites for hydroxylation is 1.